The van der Waals surface area contributed by atoms with Crippen LogP contribution < -0.4 is 20.1 Å². The van der Waals surface area contributed by atoms with E-state index in [0.717, 1.165) is 12.0 Å². The van der Waals surface area contributed by atoms with Crippen molar-refractivity contribution in [1.82, 2.24) is 15.3 Å². The standard InChI is InChI=1S/C22H24N4O3/c1-28-19-9-8-17(12-20(19)29-2)13-25-21-15-24-18(14-26-21)22(27)23-11-10-16-6-4-3-5-7-16/h3-9,12,14-15H,10-11,13H2,1-2H3,(H,23,27)(H,25,26). The molecule has 0 aliphatic carbocycles. The Balaban J connectivity index is 1.50. The number of hydrogen-bond acceptors (Lipinski definition) is 6. The number of carbonyl (C=O) groups is 1. The van der Waals surface area contributed by atoms with Crippen LogP contribution in [0, 0.1) is 0 Å². The molecule has 0 aliphatic rings. The number of ether oxygens (including phenoxy) is 2. The Morgan fingerprint density at radius 1 is 0.931 bits per heavy atom. The minimum atomic E-state index is -0.236. The Hall–Kier alpha value is -3.61. The third kappa shape index (κ3) is 5.68. The van der Waals surface area contributed by atoms with E-state index in [1.165, 1.54) is 11.8 Å². The average Bonchev–Trinajstić information content (AvgIpc) is 2.78. The van der Waals surface area contributed by atoms with E-state index >= 15 is 0 Å². The molecule has 3 aromatic rings. The van der Waals surface area contributed by atoms with Gasteiger partial charge in [0.25, 0.3) is 5.91 Å². The molecule has 0 atom stereocenters. The topological polar surface area (TPSA) is 85.4 Å². The molecule has 3 rings (SSSR count). The third-order valence-corrected chi connectivity index (χ3v) is 4.35. The first-order valence-electron chi connectivity index (χ1n) is 9.28. The van der Waals surface area contributed by atoms with Crippen LogP contribution in [0.15, 0.2) is 60.9 Å². The van der Waals surface area contributed by atoms with Gasteiger partial charge in [-0.3, -0.25) is 4.79 Å². The van der Waals surface area contributed by atoms with Gasteiger partial charge in [0.2, 0.25) is 0 Å². The largest absolute Gasteiger partial charge is 0.493 e. The summed E-state index contributed by atoms with van der Waals surface area (Å²) in [6, 6.07) is 15.7. The summed E-state index contributed by atoms with van der Waals surface area (Å²) in [4.78, 5) is 20.7. The molecule has 2 N–H and O–H groups in total. The fourth-order valence-corrected chi connectivity index (χ4v) is 2.78. The van der Waals surface area contributed by atoms with Gasteiger partial charge in [0.05, 0.1) is 26.6 Å². The van der Waals surface area contributed by atoms with E-state index in [1.807, 2.05) is 48.5 Å². The van der Waals surface area contributed by atoms with Gasteiger partial charge in [-0.25, -0.2) is 9.97 Å². The van der Waals surface area contributed by atoms with Gasteiger partial charge in [-0.1, -0.05) is 36.4 Å². The molecule has 0 saturated carbocycles. The number of nitrogens with zero attached hydrogens (tertiary/aromatic N) is 2. The number of aromatic nitrogens is 2. The molecule has 0 spiro atoms. The molecule has 0 bridgehead atoms. The molecule has 0 saturated heterocycles. The van der Waals surface area contributed by atoms with Crippen LogP contribution in [-0.2, 0) is 13.0 Å². The highest BCUT2D eigenvalue weighted by molar-refractivity contribution is 5.92. The van der Waals surface area contributed by atoms with Crippen LogP contribution in [0.3, 0.4) is 0 Å². The highest BCUT2D eigenvalue weighted by Crippen LogP contribution is 2.27. The first-order chi connectivity index (χ1) is 14.2. The second-order valence-electron chi connectivity index (χ2n) is 6.32. The molecule has 1 heterocycles. The molecular formula is C22H24N4O3. The maximum Gasteiger partial charge on any atom is 0.271 e. The van der Waals surface area contributed by atoms with Crippen LogP contribution in [0.2, 0.25) is 0 Å². The highest BCUT2D eigenvalue weighted by atomic mass is 16.5. The highest BCUT2D eigenvalue weighted by Gasteiger charge is 2.08. The molecule has 0 aliphatic heterocycles. The van der Waals surface area contributed by atoms with Crippen molar-refractivity contribution in [2.45, 2.75) is 13.0 Å². The Morgan fingerprint density at radius 3 is 2.41 bits per heavy atom. The van der Waals surface area contributed by atoms with Gasteiger partial charge >= 0.3 is 0 Å². The minimum Gasteiger partial charge on any atom is -0.493 e. The molecule has 150 valence electrons. The van der Waals surface area contributed by atoms with Crippen LogP contribution in [0.4, 0.5) is 5.82 Å². The van der Waals surface area contributed by atoms with Gasteiger partial charge in [0, 0.05) is 13.1 Å². The summed E-state index contributed by atoms with van der Waals surface area (Å²) in [5.41, 5.74) is 2.47. The zero-order valence-corrected chi connectivity index (χ0v) is 16.5. The van der Waals surface area contributed by atoms with E-state index < -0.39 is 0 Å². The normalized spacial score (nSPS) is 10.3. The van der Waals surface area contributed by atoms with Crippen LogP contribution in [-0.4, -0.2) is 36.6 Å². The first kappa shape index (κ1) is 20.1. The van der Waals surface area contributed by atoms with Crippen molar-refractivity contribution < 1.29 is 14.3 Å². The number of benzene rings is 2. The van der Waals surface area contributed by atoms with Crippen LogP contribution in [0.25, 0.3) is 0 Å². The number of amides is 1. The van der Waals surface area contributed by atoms with Crippen molar-refractivity contribution >= 4 is 11.7 Å². The van der Waals surface area contributed by atoms with E-state index in [4.69, 9.17) is 9.47 Å². The first-order valence-corrected chi connectivity index (χ1v) is 9.28. The number of rotatable bonds is 9. The molecular weight excluding hydrogens is 368 g/mol. The summed E-state index contributed by atoms with van der Waals surface area (Å²) in [5, 5.41) is 6.04. The van der Waals surface area contributed by atoms with Crippen molar-refractivity contribution in [1.29, 1.82) is 0 Å². The van der Waals surface area contributed by atoms with E-state index in [2.05, 4.69) is 20.6 Å². The number of anilines is 1. The lowest BCUT2D eigenvalue weighted by atomic mass is 10.1. The molecule has 1 amide bonds. The SMILES string of the molecule is COc1ccc(CNc2cnc(C(=O)NCCc3ccccc3)cn2)cc1OC. The Labute approximate surface area is 170 Å². The second-order valence-corrected chi connectivity index (χ2v) is 6.32. The Kier molecular flexibility index (Phi) is 7.00. The van der Waals surface area contributed by atoms with E-state index in [-0.39, 0.29) is 11.6 Å². The number of nitrogens with one attached hydrogen (secondary N) is 2. The summed E-state index contributed by atoms with van der Waals surface area (Å²) in [7, 11) is 3.20. The zero-order valence-electron chi connectivity index (χ0n) is 16.5. The molecule has 0 radical (unpaired) electrons. The van der Waals surface area contributed by atoms with Crippen molar-refractivity contribution in [3.63, 3.8) is 0 Å². The van der Waals surface area contributed by atoms with Crippen molar-refractivity contribution in [2.24, 2.45) is 0 Å². The van der Waals surface area contributed by atoms with Crippen molar-refractivity contribution in [3.05, 3.63) is 77.7 Å². The van der Waals surface area contributed by atoms with E-state index in [1.54, 1.807) is 20.4 Å². The van der Waals surface area contributed by atoms with Crippen LogP contribution in [0.5, 0.6) is 11.5 Å². The average molecular weight is 392 g/mol. The van der Waals surface area contributed by atoms with Gasteiger partial charge in [-0.2, -0.15) is 0 Å². The lowest BCUT2D eigenvalue weighted by Crippen LogP contribution is -2.26. The molecule has 1 aromatic heterocycles. The summed E-state index contributed by atoms with van der Waals surface area (Å²) >= 11 is 0. The molecule has 7 heteroatoms. The summed E-state index contributed by atoms with van der Waals surface area (Å²) in [5.74, 6) is 1.69. The molecule has 29 heavy (non-hydrogen) atoms. The van der Waals surface area contributed by atoms with Crippen molar-refractivity contribution in [2.75, 3.05) is 26.1 Å². The molecule has 7 nitrogen and oxygen atoms in total. The molecule has 2 aromatic carbocycles. The second kappa shape index (κ2) is 10.1. The Morgan fingerprint density at radius 2 is 1.72 bits per heavy atom. The van der Waals surface area contributed by atoms with Gasteiger partial charge in [0.1, 0.15) is 11.5 Å². The lowest BCUT2D eigenvalue weighted by Gasteiger charge is -2.10. The summed E-state index contributed by atoms with van der Waals surface area (Å²) < 4.78 is 10.5. The number of carbonyl (C=O) groups excluding carboxylic acids is 1. The lowest BCUT2D eigenvalue weighted by molar-refractivity contribution is 0.0949. The minimum absolute atomic E-state index is 0.236. The predicted molar refractivity (Wildman–Crippen MR) is 111 cm³/mol. The van der Waals surface area contributed by atoms with Gasteiger partial charge < -0.3 is 20.1 Å². The Bertz CT molecular complexity index is 931. The van der Waals surface area contributed by atoms with E-state index in [0.29, 0.717) is 30.4 Å². The van der Waals surface area contributed by atoms with Gasteiger partial charge in [-0.05, 0) is 29.7 Å². The monoisotopic (exact) mass is 392 g/mol. The van der Waals surface area contributed by atoms with Crippen LogP contribution >= 0.6 is 0 Å². The smallest absolute Gasteiger partial charge is 0.271 e. The van der Waals surface area contributed by atoms with Gasteiger partial charge in [0.15, 0.2) is 11.5 Å². The fourth-order valence-electron chi connectivity index (χ4n) is 2.78. The maximum absolute atomic E-state index is 12.2. The van der Waals surface area contributed by atoms with Crippen molar-refractivity contribution in [3.8, 4) is 11.5 Å². The van der Waals surface area contributed by atoms with E-state index in [9.17, 15) is 4.79 Å². The number of methoxy groups -OCH3 is 2. The zero-order chi connectivity index (χ0) is 20.5. The maximum atomic E-state index is 12.2. The molecule has 0 fully saturated rings. The van der Waals surface area contributed by atoms with Gasteiger partial charge in [-0.15, -0.1) is 0 Å². The summed E-state index contributed by atoms with van der Waals surface area (Å²) in [6.07, 6.45) is 3.78. The fraction of sp³-hybridized carbons (Fsp3) is 0.227. The predicted octanol–water partition coefficient (Wildman–Crippen LogP) is 3.08. The quantitative estimate of drug-likeness (QED) is 0.582. The molecule has 0 unspecified atom stereocenters. The third-order valence-electron chi connectivity index (χ3n) is 4.35. The van der Waals surface area contributed by atoms with Crippen LogP contribution in [0.1, 0.15) is 21.6 Å². The summed E-state index contributed by atoms with van der Waals surface area (Å²) in [6.45, 7) is 1.08. The number of hydrogen-bond donors (Lipinski definition) is 2.